The molecule has 152 valence electrons. The minimum Gasteiger partial charge on any atom is -0.497 e. The van der Waals surface area contributed by atoms with Crippen molar-refractivity contribution in [1.82, 2.24) is 0 Å². The molecule has 30 heavy (non-hydrogen) atoms. The number of para-hydroxylation sites is 1. The summed E-state index contributed by atoms with van der Waals surface area (Å²) in [5.41, 5.74) is 1.09. The normalized spacial score (nSPS) is 10.6. The maximum absolute atomic E-state index is 13.0. The van der Waals surface area contributed by atoms with Crippen LogP contribution in [0.4, 0.5) is 4.39 Å². The Morgan fingerprint density at radius 3 is 2.30 bits per heavy atom. The molecule has 0 saturated carbocycles. The van der Waals surface area contributed by atoms with E-state index in [-0.39, 0.29) is 17.1 Å². The van der Waals surface area contributed by atoms with Crippen LogP contribution in [0.25, 0.3) is 6.08 Å². The molecule has 0 N–H and O–H groups in total. The van der Waals surface area contributed by atoms with Crippen molar-refractivity contribution in [3.8, 4) is 17.2 Å². The number of hydrogen-bond donors (Lipinski definition) is 0. The van der Waals surface area contributed by atoms with Gasteiger partial charge in [0.2, 0.25) is 0 Å². The third-order valence-electron chi connectivity index (χ3n) is 4.29. The second-order valence-electron chi connectivity index (χ2n) is 6.20. The highest BCUT2D eigenvalue weighted by Crippen LogP contribution is 2.26. The highest BCUT2D eigenvalue weighted by molar-refractivity contribution is 6.09. The van der Waals surface area contributed by atoms with Gasteiger partial charge >= 0.3 is 5.97 Å². The van der Waals surface area contributed by atoms with Gasteiger partial charge in [-0.15, -0.1) is 0 Å². The molecule has 3 rings (SSSR count). The summed E-state index contributed by atoms with van der Waals surface area (Å²) in [4.78, 5) is 25.0. The summed E-state index contributed by atoms with van der Waals surface area (Å²) in [5.74, 6) is -0.153. The average molecular weight is 406 g/mol. The molecule has 0 radical (unpaired) electrons. The fraction of sp³-hybridized carbons (Fsp3) is 0.0833. The maximum atomic E-state index is 13.0. The SMILES string of the molecule is COc1ccc(OC)c(C(=O)C=Cc2ccccc2OC(=O)c2ccc(F)cc2)c1. The van der Waals surface area contributed by atoms with Crippen molar-refractivity contribution in [3.05, 3.63) is 95.3 Å². The lowest BCUT2D eigenvalue weighted by Crippen LogP contribution is -2.09. The van der Waals surface area contributed by atoms with Gasteiger partial charge in [0.1, 0.15) is 23.1 Å². The molecule has 0 atom stereocenters. The number of carbonyl (C=O) groups excluding carboxylic acids is 2. The van der Waals surface area contributed by atoms with E-state index in [1.165, 1.54) is 44.6 Å². The minimum atomic E-state index is -0.628. The van der Waals surface area contributed by atoms with Crippen molar-refractivity contribution in [2.45, 2.75) is 0 Å². The zero-order chi connectivity index (χ0) is 21.5. The van der Waals surface area contributed by atoms with Crippen LogP contribution in [0.5, 0.6) is 17.2 Å². The summed E-state index contributed by atoms with van der Waals surface area (Å²) in [6.45, 7) is 0. The molecule has 3 aromatic rings. The van der Waals surface area contributed by atoms with Crippen molar-refractivity contribution in [2.24, 2.45) is 0 Å². The number of ether oxygens (including phenoxy) is 3. The molecule has 5 nitrogen and oxygen atoms in total. The lowest BCUT2D eigenvalue weighted by atomic mass is 10.1. The molecule has 6 heteroatoms. The maximum Gasteiger partial charge on any atom is 0.343 e. The van der Waals surface area contributed by atoms with Crippen LogP contribution >= 0.6 is 0 Å². The highest BCUT2D eigenvalue weighted by Gasteiger charge is 2.13. The largest absolute Gasteiger partial charge is 0.497 e. The van der Waals surface area contributed by atoms with Gasteiger partial charge in [0.25, 0.3) is 0 Å². The number of allylic oxidation sites excluding steroid dienone is 1. The van der Waals surface area contributed by atoms with Crippen molar-refractivity contribution >= 4 is 17.8 Å². The zero-order valence-electron chi connectivity index (χ0n) is 16.4. The Bertz CT molecular complexity index is 1090. The molecule has 0 aliphatic carbocycles. The second-order valence-corrected chi connectivity index (χ2v) is 6.20. The molecule has 0 saturated heterocycles. The minimum absolute atomic E-state index is 0.215. The number of carbonyl (C=O) groups is 2. The quantitative estimate of drug-likeness (QED) is 0.240. The van der Waals surface area contributed by atoms with E-state index < -0.39 is 11.8 Å². The van der Waals surface area contributed by atoms with Gasteiger partial charge in [0.05, 0.1) is 25.3 Å². The number of benzene rings is 3. The van der Waals surface area contributed by atoms with Gasteiger partial charge in [-0.1, -0.05) is 18.2 Å². The van der Waals surface area contributed by atoms with Gasteiger partial charge in [0.15, 0.2) is 5.78 Å². The molecule has 0 bridgehead atoms. The molecule has 0 amide bonds. The van der Waals surface area contributed by atoms with Crippen LogP contribution in [-0.4, -0.2) is 26.0 Å². The monoisotopic (exact) mass is 406 g/mol. The molecule has 0 spiro atoms. The third-order valence-corrected chi connectivity index (χ3v) is 4.29. The molecule has 0 heterocycles. The van der Waals surface area contributed by atoms with E-state index in [1.54, 1.807) is 48.5 Å². The fourth-order valence-electron chi connectivity index (χ4n) is 2.72. The Kier molecular flexibility index (Phi) is 6.60. The van der Waals surface area contributed by atoms with Crippen molar-refractivity contribution < 1.29 is 28.2 Å². The van der Waals surface area contributed by atoms with E-state index in [0.717, 1.165) is 0 Å². The van der Waals surface area contributed by atoms with Crippen LogP contribution < -0.4 is 14.2 Å². The number of rotatable bonds is 7. The van der Waals surface area contributed by atoms with Crippen LogP contribution in [0.3, 0.4) is 0 Å². The van der Waals surface area contributed by atoms with Gasteiger partial charge in [0, 0.05) is 5.56 Å². The standard InChI is InChI=1S/C24H19FO5/c1-28-19-12-14-23(29-2)20(15-19)21(26)13-9-16-5-3-4-6-22(16)30-24(27)17-7-10-18(25)11-8-17/h3-15H,1-2H3. The Morgan fingerprint density at radius 1 is 0.867 bits per heavy atom. The first-order valence-electron chi connectivity index (χ1n) is 9.03. The molecule has 0 aliphatic heterocycles. The number of methoxy groups -OCH3 is 2. The van der Waals surface area contributed by atoms with Gasteiger partial charge in [-0.3, -0.25) is 4.79 Å². The average Bonchev–Trinajstić information content (AvgIpc) is 2.78. The molecular weight excluding hydrogens is 387 g/mol. The summed E-state index contributed by atoms with van der Waals surface area (Å²) >= 11 is 0. The van der Waals surface area contributed by atoms with Crippen molar-refractivity contribution in [2.75, 3.05) is 14.2 Å². The molecule has 3 aromatic carbocycles. The third kappa shape index (κ3) is 4.91. The predicted octanol–water partition coefficient (Wildman–Crippen LogP) is 4.96. The first-order chi connectivity index (χ1) is 14.5. The van der Waals surface area contributed by atoms with E-state index in [4.69, 9.17) is 14.2 Å². The summed E-state index contributed by atoms with van der Waals surface area (Å²) in [5, 5.41) is 0. The van der Waals surface area contributed by atoms with Crippen LogP contribution in [0.2, 0.25) is 0 Å². The van der Waals surface area contributed by atoms with E-state index in [0.29, 0.717) is 22.6 Å². The van der Waals surface area contributed by atoms with E-state index in [1.807, 2.05) is 0 Å². The first-order valence-corrected chi connectivity index (χ1v) is 9.03. The van der Waals surface area contributed by atoms with E-state index in [2.05, 4.69) is 0 Å². The van der Waals surface area contributed by atoms with Crippen LogP contribution in [0.1, 0.15) is 26.3 Å². The Morgan fingerprint density at radius 2 is 1.60 bits per heavy atom. The topological polar surface area (TPSA) is 61.8 Å². The van der Waals surface area contributed by atoms with Crippen LogP contribution in [0.15, 0.2) is 72.8 Å². The Labute approximate surface area is 173 Å². The van der Waals surface area contributed by atoms with E-state index >= 15 is 0 Å². The number of halogens is 1. The summed E-state index contributed by atoms with van der Waals surface area (Å²) < 4.78 is 28.9. The van der Waals surface area contributed by atoms with Crippen LogP contribution in [-0.2, 0) is 0 Å². The van der Waals surface area contributed by atoms with Gasteiger partial charge in [-0.2, -0.15) is 0 Å². The molecule has 0 fully saturated rings. The second kappa shape index (κ2) is 9.52. The Balaban J connectivity index is 1.82. The highest BCUT2D eigenvalue weighted by atomic mass is 19.1. The lowest BCUT2D eigenvalue weighted by molar-refractivity contribution is 0.0734. The molecule has 0 unspecified atom stereocenters. The number of esters is 1. The zero-order valence-corrected chi connectivity index (χ0v) is 16.4. The van der Waals surface area contributed by atoms with E-state index in [9.17, 15) is 14.0 Å². The van der Waals surface area contributed by atoms with Gasteiger partial charge in [-0.25, -0.2) is 9.18 Å². The number of ketones is 1. The van der Waals surface area contributed by atoms with Gasteiger partial charge < -0.3 is 14.2 Å². The predicted molar refractivity (Wildman–Crippen MR) is 111 cm³/mol. The van der Waals surface area contributed by atoms with Crippen molar-refractivity contribution in [1.29, 1.82) is 0 Å². The number of hydrogen-bond acceptors (Lipinski definition) is 5. The van der Waals surface area contributed by atoms with Crippen molar-refractivity contribution in [3.63, 3.8) is 0 Å². The summed E-state index contributed by atoms with van der Waals surface area (Å²) in [6.07, 6.45) is 2.91. The summed E-state index contributed by atoms with van der Waals surface area (Å²) in [6, 6.07) is 16.8. The van der Waals surface area contributed by atoms with Gasteiger partial charge in [-0.05, 0) is 60.7 Å². The lowest BCUT2D eigenvalue weighted by Gasteiger charge is -2.09. The smallest absolute Gasteiger partial charge is 0.343 e. The Hall–Kier alpha value is -3.93. The first kappa shape index (κ1) is 20.8. The summed E-state index contributed by atoms with van der Waals surface area (Å²) in [7, 11) is 2.99. The molecular formula is C24H19FO5. The fourth-order valence-corrected chi connectivity index (χ4v) is 2.72. The molecule has 0 aromatic heterocycles. The van der Waals surface area contributed by atoms with Crippen LogP contribution in [0, 0.1) is 5.82 Å². The molecule has 0 aliphatic rings.